The molecule has 0 atom stereocenters. The molecule has 0 unspecified atom stereocenters. The summed E-state index contributed by atoms with van der Waals surface area (Å²) in [6.45, 7) is 1.95. The van der Waals surface area contributed by atoms with E-state index in [4.69, 9.17) is 4.55 Å². The number of halogens is 1. The van der Waals surface area contributed by atoms with E-state index < -0.39 is 10.1 Å². The summed E-state index contributed by atoms with van der Waals surface area (Å²) in [4.78, 5) is 0.806. The van der Waals surface area contributed by atoms with Crippen LogP contribution in [0.25, 0.3) is 0 Å². The molecule has 0 bridgehead atoms. The number of aryl methyl sites for hydroxylation is 1. The van der Waals surface area contributed by atoms with Crippen LogP contribution in [0, 0.1) is 6.92 Å². The van der Waals surface area contributed by atoms with Crippen molar-refractivity contribution >= 4 is 37.8 Å². The van der Waals surface area contributed by atoms with E-state index in [1.165, 1.54) is 0 Å². The lowest BCUT2D eigenvalue weighted by atomic mass is 10.2. The average molecular weight is 297 g/mol. The Morgan fingerprint density at radius 1 is 1.50 bits per heavy atom. The number of rotatable bonds is 3. The first-order valence-corrected chi connectivity index (χ1v) is 7.11. The fourth-order valence-electron chi connectivity index (χ4n) is 0.806. The second-order valence-corrected chi connectivity index (χ2v) is 6.48. The maximum Gasteiger partial charge on any atom is 0.274 e. The normalized spacial score (nSPS) is 11.6. The molecule has 1 N–H and O–H groups in total. The van der Waals surface area contributed by atoms with Gasteiger partial charge in [-0.1, -0.05) is 22.0 Å². The van der Waals surface area contributed by atoms with E-state index in [9.17, 15) is 8.42 Å². The van der Waals surface area contributed by atoms with Crippen molar-refractivity contribution in [1.29, 1.82) is 0 Å². The van der Waals surface area contributed by atoms with Crippen molar-refractivity contribution in [2.75, 3.05) is 5.08 Å². The largest absolute Gasteiger partial charge is 0.285 e. The summed E-state index contributed by atoms with van der Waals surface area (Å²) in [6.07, 6.45) is 0. The summed E-state index contributed by atoms with van der Waals surface area (Å²) < 4.78 is 30.4. The van der Waals surface area contributed by atoms with Gasteiger partial charge >= 0.3 is 0 Å². The van der Waals surface area contributed by atoms with Gasteiger partial charge in [-0.2, -0.15) is 8.42 Å². The molecule has 78 valence electrons. The second kappa shape index (κ2) is 4.65. The van der Waals surface area contributed by atoms with E-state index in [0.29, 0.717) is 0 Å². The molecule has 0 heterocycles. The van der Waals surface area contributed by atoms with E-state index in [2.05, 4.69) is 15.9 Å². The molecule has 3 nitrogen and oxygen atoms in total. The van der Waals surface area contributed by atoms with Crippen LogP contribution in [0.5, 0.6) is 0 Å². The van der Waals surface area contributed by atoms with Crippen LogP contribution < -0.4 is 0 Å². The van der Waals surface area contributed by atoms with E-state index in [-0.39, 0.29) is 5.08 Å². The highest BCUT2D eigenvalue weighted by molar-refractivity contribution is 9.10. The molecule has 0 aliphatic carbocycles. The van der Waals surface area contributed by atoms with E-state index in [1.54, 1.807) is 0 Å². The lowest BCUT2D eigenvalue weighted by Crippen LogP contribution is -1.99. The first kappa shape index (κ1) is 12.0. The van der Waals surface area contributed by atoms with Crippen LogP contribution >= 0.6 is 27.7 Å². The smallest absolute Gasteiger partial charge is 0.274 e. The summed E-state index contributed by atoms with van der Waals surface area (Å²) in [5, 5.41) is -0.317. The Bertz CT molecular complexity index is 428. The third kappa shape index (κ3) is 4.00. The maximum atomic E-state index is 10.5. The lowest BCUT2D eigenvalue weighted by Gasteiger charge is -2.02. The minimum Gasteiger partial charge on any atom is -0.285 e. The summed E-state index contributed by atoms with van der Waals surface area (Å²) in [5.74, 6) is 0. The molecule has 1 rings (SSSR count). The zero-order valence-electron chi connectivity index (χ0n) is 7.40. The summed E-state index contributed by atoms with van der Waals surface area (Å²) >= 11 is 4.42. The SMILES string of the molecule is Cc1ccc(SCS(=O)(=O)O)cc1Br. The van der Waals surface area contributed by atoms with Gasteiger partial charge in [-0.15, -0.1) is 11.8 Å². The highest BCUT2D eigenvalue weighted by Crippen LogP contribution is 2.25. The van der Waals surface area contributed by atoms with Gasteiger partial charge in [0.2, 0.25) is 0 Å². The number of thioether (sulfide) groups is 1. The Balaban J connectivity index is 2.74. The average Bonchev–Trinajstić information content (AvgIpc) is 2.06. The predicted octanol–water partition coefficient (Wildman–Crippen LogP) is 2.69. The Hall–Kier alpha value is -0.0400. The summed E-state index contributed by atoms with van der Waals surface area (Å²) in [5.41, 5.74) is 1.08. The summed E-state index contributed by atoms with van der Waals surface area (Å²) in [6, 6.07) is 5.53. The Kier molecular flexibility index (Phi) is 4.00. The zero-order valence-corrected chi connectivity index (χ0v) is 10.6. The minimum absolute atomic E-state index is 0.317. The van der Waals surface area contributed by atoms with Crippen LogP contribution in [0.3, 0.4) is 0 Å². The first-order chi connectivity index (χ1) is 6.38. The molecule has 0 spiro atoms. The van der Waals surface area contributed by atoms with Crippen molar-refractivity contribution in [2.45, 2.75) is 11.8 Å². The van der Waals surface area contributed by atoms with Gasteiger partial charge in [0.15, 0.2) is 0 Å². The molecular weight excluding hydrogens is 288 g/mol. The van der Waals surface area contributed by atoms with Crippen LogP contribution in [0.4, 0.5) is 0 Å². The van der Waals surface area contributed by atoms with Crippen molar-refractivity contribution < 1.29 is 13.0 Å². The molecular formula is C8H9BrO3S2. The van der Waals surface area contributed by atoms with E-state index in [0.717, 1.165) is 26.7 Å². The first-order valence-electron chi connectivity index (χ1n) is 3.72. The monoisotopic (exact) mass is 296 g/mol. The Labute approximate surface area is 95.8 Å². The predicted molar refractivity (Wildman–Crippen MR) is 61.2 cm³/mol. The third-order valence-corrected chi connectivity index (χ3v) is 4.62. The number of hydrogen-bond acceptors (Lipinski definition) is 3. The van der Waals surface area contributed by atoms with Crippen molar-refractivity contribution in [3.8, 4) is 0 Å². The molecule has 0 aromatic heterocycles. The Morgan fingerprint density at radius 2 is 2.14 bits per heavy atom. The van der Waals surface area contributed by atoms with E-state index in [1.807, 2.05) is 25.1 Å². The highest BCUT2D eigenvalue weighted by atomic mass is 79.9. The fraction of sp³-hybridized carbons (Fsp3) is 0.250. The van der Waals surface area contributed by atoms with Crippen LogP contribution in [-0.2, 0) is 10.1 Å². The molecule has 0 amide bonds. The minimum atomic E-state index is -3.90. The van der Waals surface area contributed by atoms with Gasteiger partial charge in [-0.3, -0.25) is 4.55 Å². The molecule has 6 heteroatoms. The molecule has 1 aromatic carbocycles. The molecule has 0 aliphatic rings. The van der Waals surface area contributed by atoms with Crippen molar-refractivity contribution in [3.63, 3.8) is 0 Å². The van der Waals surface area contributed by atoms with E-state index >= 15 is 0 Å². The molecule has 0 aliphatic heterocycles. The fourth-order valence-corrected chi connectivity index (χ4v) is 2.84. The van der Waals surface area contributed by atoms with Gasteiger partial charge in [0.05, 0.1) is 0 Å². The Morgan fingerprint density at radius 3 is 2.64 bits per heavy atom. The lowest BCUT2D eigenvalue weighted by molar-refractivity contribution is 0.489. The molecule has 0 radical (unpaired) electrons. The van der Waals surface area contributed by atoms with Crippen LogP contribution in [0.2, 0.25) is 0 Å². The highest BCUT2D eigenvalue weighted by Gasteiger charge is 2.06. The van der Waals surface area contributed by atoms with Gasteiger partial charge in [0.1, 0.15) is 5.08 Å². The van der Waals surface area contributed by atoms with Crippen LogP contribution in [-0.4, -0.2) is 18.1 Å². The molecule has 1 aromatic rings. The quantitative estimate of drug-likeness (QED) is 0.688. The molecule has 0 fully saturated rings. The standard InChI is InChI=1S/C8H9BrO3S2/c1-6-2-3-7(4-8(6)9)13-5-14(10,11)12/h2-4H,5H2,1H3,(H,10,11,12). The van der Waals surface area contributed by atoms with Gasteiger partial charge < -0.3 is 0 Å². The van der Waals surface area contributed by atoms with Gasteiger partial charge in [-0.25, -0.2) is 0 Å². The van der Waals surface area contributed by atoms with Crippen LogP contribution in [0.1, 0.15) is 5.56 Å². The molecule has 14 heavy (non-hydrogen) atoms. The number of hydrogen-bond donors (Lipinski definition) is 1. The topological polar surface area (TPSA) is 54.4 Å². The second-order valence-electron chi connectivity index (χ2n) is 2.76. The third-order valence-electron chi connectivity index (χ3n) is 1.52. The number of benzene rings is 1. The van der Waals surface area contributed by atoms with Crippen molar-refractivity contribution in [3.05, 3.63) is 28.2 Å². The van der Waals surface area contributed by atoms with Gasteiger partial charge in [0.25, 0.3) is 10.1 Å². The van der Waals surface area contributed by atoms with Crippen LogP contribution in [0.15, 0.2) is 27.6 Å². The van der Waals surface area contributed by atoms with Gasteiger partial charge in [0, 0.05) is 9.37 Å². The molecule has 0 saturated heterocycles. The van der Waals surface area contributed by atoms with Crippen molar-refractivity contribution in [2.24, 2.45) is 0 Å². The van der Waals surface area contributed by atoms with Gasteiger partial charge in [-0.05, 0) is 24.6 Å². The zero-order chi connectivity index (χ0) is 10.8. The molecule has 0 saturated carbocycles. The van der Waals surface area contributed by atoms with Crippen molar-refractivity contribution in [1.82, 2.24) is 0 Å². The maximum absolute atomic E-state index is 10.5. The summed E-state index contributed by atoms with van der Waals surface area (Å²) in [7, 11) is -3.90.